The molecule has 0 N–H and O–H groups in total. The molecule has 2 aromatic carbocycles. The summed E-state index contributed by atoms with van der Waals surface area (Å²) < 4.78 is 11.8. The monoisotopic (exact) mass is 389 g/mol. The van der Waals surface area contributed by atoms with Gasteiger partial charge in [-0.1, -0.05) is 18.2 Å². The van der Waals surface area contributed by atoms with Gasteiger partial charge in [-0.15, -0.1) is 10.2 Å². The topological polar surface area (TPSA) is 91.3 Å². The van der Waals surface area contributed by atoms with Crippen LogP contribution >= 0.6 is 15.9 Å². The maximum absolute atomic E-state index is 11.1. The zero-order valence-electron chi connectivity index (χ0n) is 12.6. The Morgan fingerprint density at radius 1 is 1.25 bits per heavy atom. The van der Waals surface area contributed by atoms with Crippen molar-refractivity contribution in [3.8, 4) is 17.2 Å². The SMILES string of the molecule is Cc1ccc(OCc2nnc(-c3ccccc3Br)o2)c([N+](=O)[O-])c1. The summed E-state index contributed by atoms with van der Waals surface area (Å²) in [6, 6.07) is 12.2. The van der Waals surface area contributed by atoms with E-state index in [0.717, 1.165) is 15.6 Å². The maximum Gasteiger partial charge on any atom is 0.311 e. The van der Waals surface area contributed by atoms with Crippen LogP contribution in [0.5, 0.6) is 5.75 Å². The number of nitro groups is 1. The van der Waals surface area contributed by atoms with Crippen molar-refractivity contribution in [2.75, 3.05) is 0 Å². The summed E-state index contributed by atoms with van der Waals surface area (Å²) in [5.41, 5.74) is 1.45. The Morgan fingerprint density at radius 2 is 2.04 bits per heavy atom. The average molecular weight is 390 g/mol. The molecule has 8 heteroatoms. The molecule has 0 saturated heterocycles. The van der Waals surface area contributed by atoms with Crippen LogP contribution in [0.25, 0.3) is 11.5 Å². The van der Waals surface area contributed by atoms with Gasteiger partial charge in [0.05, 0.1) is 10.5 Å². The number of nitro benzene ring substituents is 1. The minimum atomic E-state index is -0.483. The molecule has 3 rings (SSSR count). The molecule has 0 bridgehead atoms. The van der Waals surface area contributed by atoms with E-state index in [-0.39, 0.29) is 23.9 Å². The van der Waals surface area contributed by atoms with Gasteiger partial charge >= 0.3 is 5.69 Å². The minimum Gasteiger partial charge on any atom is -0.477 e. The summed E-state index contributed by atoms with van der Waals surface area (Å²) in [6.45, 7) is 1.72. The van der Waals surface area contributed by atoms with Gasteiger partial charge in [0.25, 0.3) is 5.89 Å². The maximum atomic E-state index is 11.1. The van der Waals surface area contributed by atoms with Crippen molar-refractivity contribution in [1.29, 1.82) is 0 Å². The first kappa shape index (κ1) is 16.1. The van der Waals surface area contributed by atoms with Gasteiger partial charge in [0, 0.05) is 10.5 Å². The second-order valence-electron chi connectivity index (χ2n) is 5.00. The van der Waals surface area contributed by atoms with Gasteiger partial charge in [0.1, 0.15) is 0 Å². The van der Waals surface area contributed by atoms with Gasteiger partial charge < -0.3 is 9.15 Å². The van der Waals surface area contributed by atoms with Crippen LogP contribution in [0.2, 0.25) is 0 Å². The van der Waals surface area contributed by atoms with Gasteiger partial charge in [-0.2, -0.15) is 0 Å². The number of ether oxygens (including phenoxy) is 1. The van der Waals surface area contributed by atoms with Crippen LogP contribution in [0, 0.1) is 17.0 Å². The third kappa shape index (κ3) is 3.43. The van der Waals surface area contributed by atoms with Crippen molar-refractivity contribution in [3.05, 3.63) is 68.5 Å². The highest BCUT2D eigenvalue weighted by Gasteiger charge is 2.17. The summed E-state index contributed by atoms with van der Waals surface area (Å²) in [5.74, 6) is 0.737. The van der Waals surface area contributed by atoms with E-state index in [1.807, 2.05) is 24.3 Å². The van der Waals surface area contributed by atoms with Crippen LogP contribution in [-0.4, -0.2) is 15.1 Å². The van der Waals surface area contributed by atoms with E-state index >= 15 is 0 Å². The minimum absolute atomic E-state index is 0.0542. The van der Waals surface area contributed by atoms with Gasteiger partial charge in [-0.05, 0) is 46.6 Å². The van der Waals surface area contributed by atoms with E-state index in [9.17, 15) is 10.1 Å². The van der Waals surface area contributed by atoms with E-state index < -0.39 is 4.92 Å². The lowest BCUT2D eigenvalue weighted by molar-refractivity contribution is -0.386. The zero-order valence-corrected chi connectivity index (χ0v) is 14.2. The second-order valence-corrected chi connectivity index (χ2v) is 5.85. The molecule has 0 spiro atoms. The average Bonchev–Trinajstić information content (AvgIpc) is 3.02. The Hall–Kier alpha value is -2.74. The number of rotatable bonds is 5. The molecule has 0 fully saturated rings. The Bertz CT molecular complexity index is 895. The standard InChI is InChI=1S/C16H12BrN3O4/c1-10-6-7-14(13(8-10)20(21)22)23-9-15-18-19-16(24-15)11-4-2-3-5-12(11)17/h2-8H,9H2,1H3. The van der Waals surface area contributed by atoms with Crippen LogP contribution in [-0.2, 0) is 6.61 Å². The van der Waals surface area contributed by atoms with Crippen molar-refractivity contribution in [3.63, 3.8) is 0 Å². The molecule has 7 nitrogen and oxygen atoms in total. The van der Waals surface area contributed by atoms with E-state index in [2.05, 4.69) is 26.1 Å². The molecule has 0 radical (unpaired) electrons. The summed E-state index contributed by atoms with van der Waals surface area (Å²) in [7, 11) is 0. The molecule has 0 aliphatic heterocycles. The van der Waals surface area contributed by atoms with Crippen LogP contribution in [0.1, 0.15) is 11.5 Å². The second kappa shape index (κ2) is 6.79. The number of halogens is 1. The molecule has 3 aromatic rings. The molecule has 24 heavy (non-hydrogen) atoms. The van der Waals surface area contributed by atoms with Crippen LogP contribution in [0.15, 0.2) is 51.4 Å². The Balaban J connectivity index is 1.77. The number of benzene rings is 2. The van der Waals surface area contributed by atoms with Crippen molar-refractivity contribution < 1.29 is 14.1 Å². The smallest absolute Gasteiger partial charge is 0.311 e. The lowest BCUT2D eigenvalue weighted by Gasteiger charge is -2.04. The molecular weight excluding hydrogens is 378 g/mol. The normalized spacial score (nSPS) is 10.6. The van der Waals surface area contributed by atoms with E-state index in [4.69, 9.17) is 9.15 Å². The summed E-state index contributed by atoms with van der Waals surface area (Å²) in [5, 5.41) is 19.0. The van der Waals surface area contributed by atoms with E-state index in [0.29, 0.717) is 5.89 Å². The highest BCUT2D eigenvalue weighted by atomic mass is 79.9. The molecule has 1 aromatic heterocycles. The molecule has 0 unspecified atom stereocenters. The molecule has 0 amide bonds. The molecule has 0 aliphatic carbocycles. The third-order valence-corrected chi connectivity index (χ3v) is 3.92. The van der Waals surface area contributed by atoms with Crippen molar-refractivity contribution in [1.82, 2.24) is 10.2 Å². The zero-order chi connectivity index (χ0) is 17.1. The van der Waals surface area contributed by atoms with Crippen LogP contribution in [0.3, 0.4) is 0 Å². The fourth-order valence-electron chi connectivity index (χ4n) is 2.09. The quantitative estimate of drug-likeness (QED) is 0.477. The first-order valence-corrected chi connectivity index (χ1v) is 7.79. The Kier molecular flexibility index (Phi) is 4.57. The van der Waals surface area contributed by atoms with E-state index in [1.165, 1.54) is 6.07 Å². The van der Waals surface area contributed by atoms with E-state index in [1.54, 1.807) is 19.1 Å². The molecule has 0 saturated carbocycles. The predicted molar refractivity (Wildman–Crippen MR) is 89.6 cm³/mol. The number of aryl methyl sites for hydroxylation is 1. The Labute approximate surface area is 145 Å². The Morgan fingerprint density at radius 3 is 2.79 bits per heavy atom. The molecule has 0 atom stereocenters. The fourth-order valence-corrected chi connectivity index (χ4v) is 2.54. The highest BCUT2D eigenvalue weighted by molar-refractivity contribution is 9.10. The number of nitrogens with zero attached hydrogens (tertiary/aromatic N) is 3. The molecule has 122 valence electrons. The third-order valence-electron chi connectivity index (χ3n) is 3.23. The summed E-state index contributed by atoms with van der Waals surface area (Å²) in [4.78, 5) is 10.6. The summed E-state index contributed by atoms with van der Waals surface area (Å²) in [6.07, 6.45) is 0. The van der Waals surface area contributed by atoms with Gasteiger partial charge in [0.2, 0.25) is 5.89 Å². The van der Waals surface area contributed by atoms with Crippen molar-refractivity contribution in [2.45, 2.75) is 13.5 Å². The first-order chi connectivity index (χ1) is 11.5. The molecular formula is C16H12BrN3O4. The van der Waals surface area contributed by atoms with Gasteiger partial charge in [0.15, 0.2) is 12.4 Å². The number of hydrogen-bond acceptors (Lipinski definition) is 6. The van der Waals surface area contributed by atoms with Gasteiger partial charge in [-0.25, -0.2) is 0 Å². The molecule has 1 heterocycles. The predicted octanol–water partition coefficient (Wildman–Crippen LogP) is 4.29. The van der Waals surface area contributed by atoms with Gasteiger partial charge in [-0.3, -0.25) is 10.1 Å². The van der Waals surface area contributed by atoms with Crippen molar-refractivity contribution in [2.24, 2.45) is 0 Å². The summed E-state index contributed by atoms with van der Waals surface area (Å²) >= 11 is 3.42. The van der Waals surface area contributed by atoms with Crippen LogP contribution in [0.4, 0.5) is 5.69 Å². The fraction of sp³-hybridized carbons (Fsp3) is 0.125. The first-order valence-electron chi connectivity index (χ1n) is 6.99. The van der Waals surface area contributed by atoms with Crippen LogP contribution < -0.4 is 4.74 Å². The lowest BCUT2D eigenvalue weighted by atomic mass is 10.2. The largest absolute Gasteiger partial charge is 0.477 e. The number of aromatic nitrogens is 2. The highest BCUT2D eigenvalue weighted by Crippen LogP contribution is 2.29. The lowest BCUT2D eigenvalue weighted by Crippen LogP contribution is -1.99. The molecule has 0 aliphatic rings. The van der Waals surface area contributed by atoms with Crippen molar-refractivity contribution >= 4 is 21.6 Å². The number of hydrogen-bond donors (Lipinski definition) is 0.